The molecule has 2 N–H and O–H groups in total. The number of nitrogens with zero attached hydrogens (tertiary/aromatic N) is 3. The molecule has 6 rings (SSSR count). The van der Waals surface area contributed by atoms with E-state index in [0.29, 0.717) is 72.9 Å². The van der Waals surface area contributed by atoms with Crippen molar-refractivity contribution in [2.75, 3.05) is 48.9 Å². The third kappa shape index (κ3) is 6.02. The normalized spacial score (nSPS) is 17.2. The summed E-state index contributed by atoms with van der Waals surface area (Å²) in [5.41, 5.74) is 2.27. The number of nitrogens with one attached hydrogen (secondary N) is 2. The Balaban J connectivity index is 1.25. The van der Waals surface area contributed by atoms with Gasteiger partial charge >= 0.3 is 5.63 Å². The first kappa shape index (κ1) is 29.0. The summed E-state index contributed by atoms with van der Waals surface area (Å²) in [5, 5.41) is 6.99. The van der Waals surface area contributed by atoms with Crippen LogP contribution in [0, 0.1) is 0 Å². The van der Waals surface area contributed by atoms with E-state index in [0.717, 1.165) is 16.6 Å². The van der Waals surface area contributed by atoms with Gasteiger partial charge in [0.1, 0.15) is 40.9 Å². The fourth-order valence-corrected chi connectivity index (χ4v) is 5.32. The average Bonchev–Trinajstić information content (AvgIpc) is 3.01. The van der Waals surface area contributed by atoms with Gasteiger partial charge in [-0.2, -0.15) is 0 Å². The molecule has 2 aliphatic rings. The quantitative estimate of drug-likeness (QED) is 0.219. The first-order chi connectivity index (χ1) is 21.2. The first-order valence-corrected chi connectivity index (χ1v) is 14.2. The van der Waals surface area contributed by atoms with Crippen molar-refractivity contribution in [2.24, 2.45) is 0 Å². The summed E-state index contributed by atoms with van der Waals surface area (Å²) in [5.74, 6) is 1.69. The number of methoxy groups -OCH3 is 1. The maximum Gasteiger partial charge on any atom is 0.336 e. The van der Waals surface area contributed by atoms with E-state index in [2.05, 4.69) is 32.1 Å². The summed E-state index contributed by atoms with van der Waals surface area (Å²) in [7, 11) is 1.58. The van der Waals surface area contributed by atoms with Crippen LogP contribution in [-0.4, -0.2) is 61.0 Å². The number of aromatic nitrogens is 2. The van der Waals surface area contributed by atoms with Crippen LogP contribution in [0.2, 0.25) is 0 Å². The summed E-state index contributed by atoms with van der Waals surface area (Å²) in [6, 6.07) is 12.2. The molecular formula is C32H33N5O7. The Hall–Kier alpha value is -5.10. The van der Waals surface area contributed by atoms with Gasteiger partial charge in [-0.3, -0.25) is 4.79 Å². The van der Waals surface area contributed by atoms with E-state index in [1.165, 1.54) is 18.5 Å². The number of morpholine rings is 1. The molecule has 12 heteroatoms. The van der Waals surface area contributed by atoms with Crippen molar-refractivity contribution in [2.45, 2.75) is 32.0 Å². The van der Waals surface area contributed by atoms with Gasteiger partial charge in [-0.25, -0.2) is 14.8 Å². The zero-order chi connectivity index (χ0) is 30.8. The van der Waals surface area contributed by atoms with E-state index in [9.17, 15) is 9.59 Å². The summed E-state index contributed by atoms with van der Waals surface area (Å²) in [6.45, 7) is 9.98. The fraction of sp³-hybridized carbons (Fsp3) is 0.312. The SMILES string of the molecule is C=CC(=O)Nc1cc(Nc2cc(O[C@H]3Cc4cc5ccc(=O)oc5cc4OC3(C)C)ncn2)c(OC)cc1N1CCOCC1. The highest BCUT2D eigenvalue weighted by Crippen LogP contribution is 2.40. The third-order valence-electron chi connectivity index (χ3n) is 7.64. The maximum absolute atomic E-state index is 12.3. The molecule has 0 saturated carbocycles. The highest BCUT2D eigenvalue weighted by Gasteiger charge is 2.39. The van der Waals surface area contributed by atoms with Crippen LogP contribution in [0.5, 0.6) is 17.4 Å². The van der Waals surface area contributed by atoms with Gasteiger partial charge in [0.25, 0.3) is 0 Å². The smallest absolute Gasteiger partial charge is 0.336 e. The van der Waals surface area contributed by atoms with Gasteiger partial charge < -0.3 is 38.9 Å². The summed E-state index contributed by atoms with van der Waals surface area (Å²) >= 11 is 0. The Morgan fingerprint density at radius 2 is 1.93 bits per heavy atom. The van der Waals surface area contributed by atoms with E-state index in [1.807, 2.05) is 26.0 Å². The minimum Gasteiger partial charge on any atom is -0.494 e. The predicted molar refractivity (Wildman–Crippen MR) is 165 cm³/mol. The number of carbonyl (C=O) groups is 1. The second kappa shape index (κ2) is 11.9. The number of hydrogen-bond acceptors (Lipinski definition) is 11. The molecule has 1 atom stereocenters. The highest BCUT2D eigenvalue weighted by molar-refractivity contribution is 6.02. The van der Waals surface area contributed by atoms with Crippen molar-refractivity contribution in [3.05, 3.63) is 77.4 Å². The molecule has 2 aromatic carbocycles. The largest absolute Gasteiger partial charge is 0.494 e. The zero-order valence-electron chi connectivity index (χ0n) is 24.7. The Morgan fingerprint density at radius 3 is 2.70 bits per heavy atom. The molecule has 2 aromatic heterocycles. The molecule has 0 bridgehead atoms. The maximum atomic E-state index is 12.3. The minimum absolute atomic E-state index is 0.329. The summed E-state index contributed by atoms with van der Waals surface area (Å²) in [6.07, 6.45) is 2.80. The molecule has 4 heterocycles. The molecule has 12 nitrogen and oxygen atoms in total. The van der Waals surface area contributed by atoms with E-state index in [1.54, 1.807) is 31.4 Å². The lowest BCUT2D eigenvalue weighted by Crippen LogP contribution is -2.49. The molecule has 44 heavy (non-hydrogen) atoms. The van der Waals surface area contributed by atoms with E-state index in [4.69, 9.17) is 23.4 Å². The van der Waals surface area contributed by atoms with Crippen LogP contribution in [-0.2, 0) is 16.0 Å². The van der Waals surface area contributed by atoms with Crippen LogP contribution >= 0.6 is 0 Å². The monoisotopic (exact) mass is 599 g/mol. The van der Waals surface area contributed by atoms with E-state index < -0.39 is 11.2 Å². The Labute approximate surface area is 253 Å². The van der Waals surface area contributed by atoms with Crippen molar-refractivity contribution in [3.8, 4) is 17.4 Å². The Kier molecular flexibility index (Phi) is 7.83. The van der Waals surface area contributed by atoms with Crippen molar-refractivity contribution >= 4 is 39.8 Å². The average molecular weight is 600 g/mol. The van der Waals surface area contributed by atoms with Crippen molar-refractivity contribution in [1.29, 1.82) is 0 Å². The first-order valence-electron chi connectivity index (χ1n) is 14.2. The second-order valence-corrected chi connectivity index (χ2v) is 11.0. The van der Waals surface area contributed by atoms with Gasteiger partial charge in [0.05, 0.1) is 37.4 Å². The highest BCUT2D eigenvalue weighted by atomic mass is 16.6. The lowest BCUT2D eigenvalue weighted by atomic mass is 9.90. The number of carbonyl (C=O) groups excluding carboxylic acids is 1. The molecule has 1 saturated heterocycles. The molecule has 0 aliphatic carbocycles. The predicted octanol–water partition coefficient (Wildman–Crippen LogP) is 4.46. The third-order valence-corrected chi connectivity index (χ3v) is 7.64. The number of hydrogen-bond donors (Lipinski definition) is 2. The number of anilines is 4. The standard InChI is InChI=1S/C32H33N5O7/c1-5-29(38)36-21-14-22(26(40-4)15-23(21)37-8-10-41-11-9-37)35-28-17-30(34-18-33-28)43-27-13-20-12-19-6-7-31(39)42-24(19)16-25(20)44-32(27,2)3/h5-7,12,14-18,27H,1,8-11,13H2,2-4H3,(H,36,38)(H,33,34,35)/t27-/m0/s1. The van der Waals surface area contributed by atoms with Crippen LogP contribution in [0.15, 0.2) is 70.7 Å². The van der Waals surface area contributed by atoms with Gasteiger partial charge in [-0.15, -0.1) is 0 Å². The van der Waals surface area contributed by atoms with Gasteiger partial charge in [-0.1, -0.05) is 6.58 Å². The lowest BCUT2D eigenvalue weighted by Gasteiger charge is -2.39. The van der Waals surface area contributed by atoms with Gasteiger partial charge in [0, 0.05) is 49.2 Å². The van der Waals surface area contributed by atoms with Crippen LogP contribution in [0.4, 0.5) is 22.9 Å². The molecule has 1 fully saturated rings. The number of benzene rings is 2. The minimum atomic E-state index is -0.717. The topological polar surface area (TPSA) is 137 Å². The second-order valence-electron chi connectivity index (χ2n) is 11.0. The Bertz CT molecular complexity index is 1780. The van der Waals surface area contributed by atoms with Gasteiger partial charge in [0.2, 0.25) is 11.8 Å². The number of amides is 1. The fourth-order valence-electron chi connectivity index (χ4n) is 5.32. The molecule has 228 valence electrons. The van der Waals surface area contributed by atoms with Crippen LogP contribution in [0.25, 0.3) is 11.0 Å². The zero-order valence-corrected chi connectivity index (χ0v) is 24.7. The lowest BCUT2D eigenvalue weighted by molar-refractivity contribution is -0.111. The molecule has 0 unspecified atom stereocenters. The Morgan fingerprint density at radius 1 is 1.11 bits per heavy atom. The van der Waals surface area contributed by atoms with Crippen molar-refractivity contribution in [3.63, 3.8) is 0 Å². The van der Waals surface area contributed by atoms with Crippen molar-refractivity contribution < 1.29 is 28.2 Å². The molecule has 2 aliphatic heterocycles. The van der Waals surface area contributed by atoms with Crippen LogP contribution < -0.4 is 35.4 Å². The molecule has 0 spiro atoms. The molecule has 4 aromatic rings. The number of rotatable bonds is 8. The number of ether oxygens (including phenoxy) is 4. The summed E-state index contributed by atoms with van der Waals surface area (Å²) < 4.78 is 29.2. The van der Waals surface area contributed by atoms with E-state index >= 15 is 0 Å². The van der Waals surface area contributed by atoms with Gasteiger partial charge in [0.15, 0.2) is 0 Å². The summed E-state index contributed by atoms with van der Waals surface area (Å²) in [4.78, 5) is 34.8. The van der Waals surface area contributed by atoms with Gasteiger partial charge in [-0.05, 0) is 43.7 Å². The molecule has 0 radical (unpaired) electrons. The van der Waals surface area contributed by atoms with Crippen LogP contribution in [0.3, 0.4) is 0 Å². The molecular weight excluding hydrogens is 566 g/mol. The van der Waals surface area contributed by atoms with Crippen LogP contribution in [0.1, 0.15) is 19.4 Å². The van der Waals surface area contributed by atoms with Crippen molar-refractivity contribution in [1.82, 2.24) is 9.97 Å². The number of fused-ring (bicyclic) bond motifs is 2. The molecule has 1 amide bonds. The van der Waals surface area contributed by atoms with E-state index in [-0.39, 0.29) is 12.0 Å².